The van der Waals surface area contributed by atoms with Crippen molar-refractivity contribution in [2.75, 3.05) is 7.11 Å². The summed E-state index contributed by atoms with van der Waals surface area (Å²) in [6.07, 6.45) is 2.64. The molecule has 0 aliphatic rings. The fourth-order valence-electron chi connectivity index (χ4n) is 0.942. The van der Waals surface area contributed by atoms with Gasteiger partial charge in [0.05, 0.1) is 19.4 Å². The van der Waals surface area contributed by atoms with E-state index in [4.69, 9.17) is 5.11 Å². The molecule has 0 aliphatic carbocycles. The highest BCUT2D eigenvalue weighted by Gasteiger charge is 2.01. The van der Waals surface area contributed by atoms with Crippen LogP contribution in [-0.4, -0.2) is 28.3 Å². The lowest BCUT2D eigenvalue weighted by Crippen LogP contribution is -1.95. The number of aromatic hydroxyl groups is 1. The van der Waals surface area contributed by atoms with E-state index in [-0.39, 0.29) is 18.1 Å². The first-order valence-electron chi connectivity index (χ1n) is 4.23. The van der Waals surface area contributed by atoms with Gasteiger partial charge in [-0.25, -0.2) is 9.78 Å². The van der Waals surface area contributed by atoms with E-state index in [1.807, 2.05) is 0 Å². The molecular weight excluding hydrogens is 198 g/mol. The van der Waals surface area contributed by atoms with Gasteiger partial charge in [-0.2, -0.15) is 0 Å². The fourth-order valence-corrected chi connectivity index (χ4v) is 0.942. The van der Waals surface area contributed by atoms with Crippen molar-refractivity contribution in [3.05, 3.63) is 29.6 Å². The maximum Gasteiger partial charge on any atom is 0.330 e. The summed E-state index contributed by atoms with van der Waals surface area (Å²) in [6, 6.07) is 2.92. The number of esters is 1. The Morgan fingerprint density at radius 2 is 2.33 bits per heavy atom. The van der Waals surface area contributed by atoms with Crippen molar-refractivity contribution in [2.45, 2.75) is 6.61 Å². The summed E-state index contributed by atoms with van der Waals surface area (Å²) in [5, 5.41) is 18.0. The molecule has 0 amide bonds. The second-order valence-electron chi connectivity index (χ2n) is 2.72. The molecule has 0 radical (unpaired) electrons. The third kappa shape index (κ3) is 3.07. The van der Waals surface area contributed by atoms with E-state index in [1.165, 1.54) is 31.4 Å². The molecule has 2 N–H and O–H groups in total. The summed E-state index contributed by atoms with van der Waals surface area (Å²) < 4.78 is 4.40. The Bertz CT molecular complexity index is 387. The lowest BCUT2D eigenvalue weighted by atomic mass is 10.2. The van der Waals surface area contributed by atoms with Gasteiger partial charge in [0, 0.05) is 6.08 Å². The lowest BCUT2D eigenvalue weighted by molar-refractivity contribution is -0.134. The number of methoxy groups -OCH3 is 1. The number of hydrogen-bond acceptors (Lipinski definition) is 5. The molecule has 5 nitrogen and oxygen atoms in total. The van der Waals surface area contributed by atoms with Gasteiger partial charge in [-0.15, -0.1) is 0 Å². The van der Waals surface area contributed by atoms with E-state index in [1.54, 1.807) is 0 Å². The number of carbonyl (C=O) groups is 1. The zero-order valence-electron chi connectivity index (χ0n) is 8.17. The first-order valence-corrected chi connectivity index (χ1v) is 4.23. The van der Waals surface area contributed by atoms with Crippen LogP contribution in [0.1, 0.15) is 11.4 Å². The standard InChI is InChI=1S/C10H11NO4/c1-15-10(14)5-3-7-2-4-9(13)8(6-12)11-7/h2-5,12-13H,6H2,1H3/b5-3-. The van der Waals surface area contributed by atoms with E-state index in [2.05, 4.69) is 9.72 Å². The molecule has 0 aromatic carbocycles. The van der Waals surface area contributed by atoms with E-state index in [0.29, 0.717) is 5.69 Å². The van der Waals surface area contributed by atoms with Crippen LogP contribution in [0.25, 0.3) is 6.08 Å². The van der Waals surface area contributed by atoms with Crippen molar-refractivity contribution in [3.8, 4) is 5.75 Å². The zero-order chi connectivity index (χ0) is 11.3. The number of ether oxygens (including phenoxy) is 1. The van der Waals surface area contributed by atoms with Crippen molar-refractivity contribution < 1.29 is 19.7 Å². The summed E-state index contributed by atoms with van der Waals surface area (Å²) in [4.78, 5) is 14.7. The Balaban J connectivity index is 2.87. The monoisotopic (exact) mass is 209 g/mol. The zero-order valence-corrected chi connectivity index (χ0v) is 8.17. The minimum Gasteiger partial charge on any atom is -0.506 e. The van der Waals surface area contributed by atoms with Crippen LogP contribution in [-0.2, 0) is 16.1 Å². The fraction of sp³-hybridized carbons (Fsp3) is 0.200. The van der Waals surface area contributed by atoms with Gasteiger partial charge in [0.2, 0.25) is 0 Å². The van der Waals surface area contributed by atoms with E-state index in [9.17, 15) is 9.90 Å². The van der Waals surface area contributed by atoms with Crippen molar-refractivity contribution in [2.24, 2.45) is 0 Å². The second kappa shape index (κ2) is 5.11. The highest BCUT2D eigenvalue weighted by atomic mass is 16.5. The Morgan fingerprint density at radius 3 is 2.93 bits per heavy atom. The van der Waals surface area contributed by atoms with Crippen LogP contribution in [0.5, 0.6) is 5.75 Å². The summed E-state index contributed by atoms with van der Waals surface area (Å²) in [7, 11) is 1.27. The van der Waals surface area contributed by atoms with Crippen LogP contribution in [0, 0.1) is 0 Å². The Hall–Kier alpha value is -1.88. The van der Waals surface area contributed by atoms with Crippen LogP contribution in [0.3, 0.4) is 0 Å². The summed E-state index contributed by atoms with van der Waals surface area (Å²) in [5.41, 5.74) is 0.629. The molecule has 0 bridgehead atoms. The van der Waals surface area contributed by atoms with Crippen LogP contribution in [0.4, 0.5) is 0 Å². The molecule has 0 fully saturated rings. The summed E-state index contributed by atoms with van der Waals surface area (Å²) in [6.45, 7) is -0.355. The molecule has 15 heavy (non-hydrogen) atoms. The van der Waals surface area contributed by atoms with Gasteiger partial charge in [-0.3, -0.25) is 0 Å². The molecule has 0 saturated carbocycles. The Morgan fingerprint density at radius 1 is 1.60 bits per heavy atom. The predicted molar refractivity (Wildman–Crippen MR) is 52.9 cm³/mol. The molecule has 0 saturated heterocycles. The molecule has 0 atom stereocenters. The second-order valence-corrected chi connectivity index (χ2v) is 2.72. The number of aromatic nitrogens is 1. The Kier molecular flexibility index (Phi) is 3.82. The lowest BCUT2D eigenvalue weighted by Gasteiger charge is -2.00. The molecule has 1 heterocycles. The van der Waals surface area contributed by atoms with E-state index < -0.39 is 5.97 Å². The molecule has 5 heteroatoms. The number of pyridine rings is 1. The average molecular weight is 209 g/mol. The summed E-state index contributed by atoms with van der Waals surface area (Å²) >= 11 is 0. The third-order valence-electron chi connectivity index (χ3n) is 1.71. The molecule has 1 aromatic rings. The SMILES string of the molecule is COC(=O)/C=C\c1ccc(O)c(CO)n1. The first kappa shape index (κ1) is 11.2. The average Bonchev–Trinajstić information content (AvgIpc) is 2.27. The number of rotatable bonds is 3. The number of aliphatic hydroxyl groups is 1. The van der Waals surface area contributed by atoms with Crippen molar-refractivity contribution in [1.29, 1.82) is 0 Å². The largest absolute Gasteiger partial charge is 0.506 e. The molecule has 0 spiro atoms. The molecule has 1 aromatic heterocycles. The first-order chi connectivity index (χ1) is 7.17. The molecular formula is C10H11NO4. The van der Waals surface area contributed by atoms with E-state index in [0.717, 1.165) is 0 Å². The van der Waals surface area contributed by atoms with Crippen LogP contribution >= 0.6 is 0 Å². The van der Waals surface area contributed by atoms with Gasteiger partial charge in [-0.1, -0.05) is 0 Å². The number of aliphatic hydroxyl groups excluding tert-OH is 1. The smallest absolute Gasteiger partial charge is 0.330 e. The van der Waals surface area contributed by atoms with E-state index >= 15 is 0 Å². The normalized spacial score (nSPS) is 10.5. The third-order valence-corrected chi connectivity index (χ3v) is 1.71. The van der Waals surface area contributed by atoms with Crippen molar-refractivity contribution >= 4 is 12.0 Å². The predicted octanol–water partition coefficient (Wildman–Crippen LogP) is 0.466. The van der Waals surface area contributed by atoms with Gasteiger partial charge in [0.15, 0.2) is 0 Å². The van der Waals surface area contributed by atoms with Gasteiger partial charge >= 0.3 is 5.97 Å². The van der Waals surface area contributed by atoms with Crippen molar-refractivity contribution in [1.82, 2.24) is 4.98 Å². The van der Waals surface area contributed by atoms with Crippen LogP contribution in [0.15, 0.2) is 18.2 Å². The summed E-state index contributed by atoms with van der Waals surface area (Å²) in [5.74, 6) is -0.567. The molecule has 80 valence electrons. The molecule has 0 aliphatic heterocycles. The molecule has 1 rings (SSSR count). The molecule has 0 unspecified atom stereocenters. The quantitative estimate of drug-likeness (QED) is 0.558. The topological polar surface area (TPSA) is 79.7 Å². The highest BCUT2D eigenvalue weighted by Crippen LogP contribution is 2.15. The number of carbonyl (C=O) groups excluding carboxylic acids is 1. The van der Waals surface area contributed by atoms with Gasteiger partial charge in [-0.05, 0) is 18.2 Å². The van der Waals surface area contributed by atoms with Crippen molar-refractivity contribution in [3.63, 3.8) is 0 Å². The van der Waals surface area contributed by atoms with Crippen LogP contribution < -0.4 is 0 Å². The van der Waals surface area contributed by atoms with Gasteiger partial charge in [0.1, 0.15) is 11.4 Å². The Labute approximate surface area is 86.6 Å². The minimum atomic E-state index is -0.490. The highest BCUT2D eigenvalue weighted by molar-refractivity contribution is 5.86. The van der Waals surface area contributed by atoms with Gasteiger partial charge in [0.25, 0.3) is 0 Å². The number of hydrogen-bond donors (Lipinski definition) is 2. The maximum absolute atomic E-state index is 10.8. The minimum absolute atomic E-state index is 0.0762. The number of nitrogens with zero attached hydrogens (tertiary/aromatic N) is 1. The van der Waals surface area contributed by atoms with Crippen LogP contribution in [0.2, 0.25) is 0 Å². The van der Waals surface area contributed by atoms with Gasteiger partial charge < -0.3 is 14.9 Å². The maximum atomic E-state index is 10.8.